The fourth-order valence-corrected chi connectivity index (χ4v) is 11.4. The summed E-state index contributed by atoms with van der Waals surface area (Å²) in [7, 11) is 0. The predicted molar refractivity (Wildman–Crippen MR) is 207 cm³/mol. The lowest BCUT2D eigenvalue weighted by molar-refractivity contribution is 0.000937. The number of halogens is 2. The number of ether oxygens (including phenoxy) is 3. The van der Waals surface area contributed by atoms with Crippen molar-refractivity contribution in [2.45, 2.75) is 114 Å². The van der Waals surface area contributed by atoms with E-state index in [0.717, 1.165) is 38.8 Å². The number of anilines is 1. The Kier molecular flexibility index (Phi) is 7.04. The SMILES string of the molecule is C#Cc1c(F)ccc2cccc(-c3nc4c5c(nc(OCC67CC8(CC8)CN6CC6(CC6)C7)nc5c3F)N3C[C@H]5CC[C@@H]([C@H]3[C@H](C)O4)N5C(=O)OC(C)(C)C)c12. The Bertz CT molecular complexity index is 2390. The van der Waals surface area contributed by atoms with Gasteiger partial charge >= 0.3 is 12.1 Å². The Balaban J connectivity index is 1.06. The molecule has 0 radical (unpaired) electrons. The van der Waals surface area contributed by atoms with Crippen LogP contribution in [-0.2, 0) is 4.74 Å². The molecule has 10 nitrogen and oxygen atoms in total. The Morgan fingerprint density at radius 3 is 2.46 bits per heavy atom. The maximum atomic E-state index is 17.5. The van der Waals surface area contributed by atoms with Gasteiger partial charge < -0.3 is 19.1 Å². The summed E-state index contributed by atoms with van der Waals surface area (Å²) in [6.07, 6.45) is 13.8. The average Bonchev–Trinajstić information content (AvgIpc) is 4.02. The molecule has 56 heavy (non-hydrogen) atoms. The van der Waals surface area contributed by atoms with Gasteiger partial charge in [-0.2, -0.15) is 9.97 Å². The Hall–Kier alpha value is -4.76. The number of benzene rings is 2. The van der Waals surface area contributed by atoms with Crippen molar-refractivity contribution in [3.05, 3.63) is 47.5 Å². The van der Waals surface area contributed by atoms with Crippen molar-refractivity contribution in [1.29, 1.82) is 0 Å². The molecule has 1 amide bonds. The number of piperazine rings is 1. The number of fused-ring (bicyclic) bond motifs is 7. The summed E-state index contributed by atoms with van der Waals surface area (Å²) >= 11 is 0. The minimum absolute atomic E-state index is 0.0139. The van der Waals surface area contributed by atoms with Crippen molar-refractivity contribution in [3.8, 4) is 35.5 Å². The minimum atomic E-state index is -0.697. The van der Waals surface area contributed by atoms with E-state index in [1.807, 2.05) is 38.7 Å². The molecule has 7 aliphatic rings. The van der Waals surface area contributed by atoms with Gasteiger partial charge in [0.1, 0.15) is 46.5 Å². The molecule has 2 bridgehead atoms. The normalized spacial score (nSPS) is 27.2. The van der Waals surface area contributed by atoms with Crippen LogP contribution in [0.5, 0.6) is 11.9 Å². The van der Waals surface area contributed by atoms with Crippen LogP contribution in [0.15, 0.2) is 30.3 Å². The zero-order chi connectivity index (χ0) is 38.5. The van der Waals surface area contributed by atoms with Gasteiger partial charge in [-0.3, -0.25) is 9.80 Å². The molecule has 0 N–H and O–H groups in total. The van der Waals surface area contributed by atoms with Crippen LogP contribution in [0.1, 0.15) is 84.6 Å². The van der Waals surface area contributed by atoms with Gasteiger partial charge in [-0.1, -0.05) is 30.2 Å². The van der Waals surface area contributed by atoms with E-state index in [1.165, 1.54) is 31.7 Å². The first kappa shape index (κ1) is 34.5. The first-order valence-electron chi connectivity index (χ1n) is 20.2. The van der Waals surface area contributed by atoms with Gasteiger partial charge in [0.15, 0.2) is 5.82 Å². The van der Waals surface area contributed by atoms with Crippen LogP contribution in [0.2, 0.25) is 0 Å². The summed E-state index contributed by atoms with van der Waals surface area (Å²) in [6.45, 7) is 10.7. The lowest BCUT2D eigenvalue weighted by atomic mass is 9.85. The van der Waals surface area contributed by atoms with Gasteiger partial charge in [0, 0.05) is 30.6 Å². The second-order valence-corrected chi connectivity index (χ2v) is 19.0. The number of rotatable bonds is 4. The smallest absolute Gasteiger partial charge is 0.410 e. The van der Waals surface area contributed by atoms with Crippen LogP contribution in [0.25, 0.3) is 32.9 Å². The maximum absolute atomic E-state index is 17.5. The number of carbonyl (C=O) groups excluding carboxylic acids is 1. The highest BCUT2D eigenvalue weighted by Crippen LogP contribution is 2.67. The molecule has 290 valence electrons. The molecule has 2 aromatic heterocycles. The molecule has 4 atom stereocenters. The molecule has 6 fully saturated rings. The quantitative estimate of drug-likeness (QED) is 0.195. The van der Waals surface area contributed by atoms with Crippen LogP contribution in [0.3, 0.4) is 0 Å². The molecule has 4 saturated heterocycles. The molecule has 5 aliphatic heterocycles. The zero-order valence-electron chi connectivity index (χ0n) is 32.3. The largest absolute Gasteiger partial charge is 0.472 e. The van der Waals surface area contributed by atoms with Gasteiger partial charge in [-0.15, -0.1) is 6.42 Å². The van der Waals surface area contributed by atoms with E-state index >= 15 is 8.78 Å². The Morgan fingerprint density at radius 1 is 1.02 bits per heavy atom. The number of terminal acetylenes is 1. The predicted octanol–water partition coefficient (Wildman–Crippen LogP) is 7.63. The lowest BCUT2D eigenvalue weighted by Gasteiger charge is -2.48. The standard InChI is InChI=1S/C44H46F2N6O4/c1-6-27-29(45)12-10-25-8-7-9-28(31(25)27)34-33(46)35-32-37(49-39(48-35)54-23-44-19-42(14-15-42)21-50(44)22-43(20-44)16-17-43)51-18-26-11-13-30(36(51)24(2)55-38(32)47-34)52(26)40(53)56-41(3,4)5/h1,7-10,12,24,26,30,36H,11,13-23H2,2-5H3/t24-,26+,30-,36+/m0/s1. The third-order valence-electron chi connectivity index (χ3n) is 14.0. The van der Waals surface area contributed by atoms with Gasteiger partial charge in [0.25, 0.3) is 0 Å². The van der Waals surface area contributed by atoms with Crippen LogP contribution in [-0.4, -0.2) is 92.5 Å². The van der Waals surface area contributed by atoms with Gasteiger partial charge in [-0.05, 0) is 101 Å². The lowest BCUT2D eigenvalue weighted by Crippen LogP contribution is -2.65. The van der Waals surface area contributed by atoms with E-state index in [9.17, 15) is 4.79 Å². The molecule has 11 rings (SSSR count). The molecule has 4 aromatic rings. The van der Waals surface area contributed by atoms with Crippen molar-refractivity contribution in [2.24, 2.45) is 10.8 Å². The van der Waals surface area contributed by atoms with Crippen LogP contribution < -0.4 is 14.4 Å². The van der Waals surface area contributed by atoms with Gasteiger partial charge in [-0.25, -0.2) is 18.6 Å². The Labute approximate surface area is 324 Å². The van der Waals surface area contributed by atoms with Gasteiger partial charge in [0.05, 0.1) is 29.2 Å². The summed E-state index contributed by atoms with van der Waals surface area (Å²) in [5.41, 5.74) is 0.343. The number of aromatic nitrogens is 3. The number of hydrogen-bond donors (Lipinski definition) is 0. The third kappa shape index (κ3) is 5.08. The first-order valence-corrected chi connectivity index (χ1v) is 20.2. The highest BCUT2D eigenvalue weighted by molar-refractivity contribution is 6.03. The number of hydrogen-bond acceptors (Lipinski definition) is 9. The van der Waals surface area contributed by atoms with E-state index < -0.39 is 23.3 Å². The molecule has 12 heteroatoms. The topological polar surface area (TPSA) is 93.2 Å². The van der Waals surface area contributed by atoms with Crippen molar-refractivity contribution < 1.29 is 27.8 Å². The summed E-state index contributed by atoms with van der Waals surface area (Å²) in [6, 6.07) is 7.59. The van der Waals surface area contributed by atoms with E-state index in [4.69, 9.17) is 35.6 Å². The van der Waals surface area contributed by atoms with Crippen LogP contribution in [0, 0.1) is 34.8 Å². The summed E-state index contributed by atoms with van der Waals surface area (Å²) in [5, 5.41) is 1.38. The van der Waals surface area contributed by atoms with E-state index in [1.54, 1.807) is 18.2 Å². The minimum Gasteiger partial charge on any atom is -0.472 e. The molecule has 2 spiro atoms. The molecule has 7 heterocycles. The van der Waals surface area contributed by atoms with Crippen LogP contribution >= 0.6 is 0 Å². The Morgan fingerprint density at radius 2 is 1.77 bits per heavy atom. The second kappa shape index (κ2) is 11.4. The number of carbonyl (C=O) groups is 1. The van der Waals surface area contributed by atoms with Crippen LogP contribution in [0.4, 0.5) is 19.4 Å². The fraction of sp³-hybridized carbons (Fsp3) is 0.545. The molecule has 2 saturated carbocycles. The average molecular weight is 761 g/mol. The molecule has 0 unspecified atom stereocenters. The van der Waals surface area contributed by atoms with Crippen molar-refractivity contribution in [2.75, 3.05) is 31.1 Å². The number of pyridine rings is 1. The molecular weight excluding hydrogens is 715 g/mol. The molecule has 2 aliphatic carbocycles. The first-order chi connectivity index (χ1) is 26.8. The molecular formula is C44H46F2N6O4. The summed E-state index contributed by atoms with van der Waals surface area (Å²) in [4.78, 5) is 35.3. The van der Waals surface area contributed by atoms with Crippen molar-refractivity contribution in [3.63, 3.8) is 0 Å². The molecule has 2 aromatic carbocycles. The van der Waals surface area contributed by atoms with E-state index in [2.05, 4.69) is 15.7 Å². The van der Waals surface area contributed by atoms with E-state index in [-0.39, 0.29) is 58.4 Å². The number of amides is 1. The second-order valence-electron chi connectivity index (χ2n) is 19.0. The van der Waals surface area contributed by atoms with Crippen molar-refractivity contribution in [1.82, 2.24) is 24.8 Å². The highest BCUT2D eigenvalue weighted by Gasteiger charge is 2.67. The third-order valence-corrected chi connectivity index (χ3v) is 14.0. The zero-order valence-corrected chi connectivity index (χ0v) is 32.3. The summed E-state index contributed by atoms with van der Waals surface area (Å²) < 4.78 is 52.1. The number of nitrogens with zero attached hydrogens (tertiary/aromatic N) is 6. The van der Waals surface area contributed by atoms with Gasteiger partial charge in [0.2, 0.25) is 5.88 Å². The van der Waals surface area contributed by atoms with Crippen molar-refractivity contribution >= 4 is 33.6 Å². The fourth-order valence-electron chi connectivity index (χ4n) is 11.4. The maximum Gasteiger partial charge on any atom is 0.410 e. The highest BCUT2D eigenvalue weighted by atomic mass is 19.1. The summed E-state index contributed by atoms with van der Waals surface area (Å²) in [5.74, 6) is 1.85. The van der Waals surface area contributed by atoms with E-state index in [0.29, 0.717) is 51.5 Å². The monoisotopic (exact) mass is 760 g/mol.